The molecule has 0 saturated carbocycles. The van der Waals surface area contributed by atoms with E-state index in [1.807, 2.05) is 0 Å². The fourth-order valence-electron chi connectivity index (χ4n) is 2.62. The number of urea groups is 1. The lowest BCUT2D eigenvalue weighted by atomic mass is 10.1. The zero-order valence-electron chi connectivity index (χ0n) is 14.5. The lowest BCUT2D eigenvalue weighted by Gasteiger charge is -2.26. The molecule has 0 aliphatic carbocycles. The average molecular weight is 466 g/mol. The number of ether oxygens (including phenoxy) is 1. The zero-order chi connectivity index (χ0) is 20.4. The molecule has 7 nitrogen and oxygen atoms in total. The Labute approximate surface area is 173 Å². The second kappa shape index (κ2) is 8.04. The van der Waals surface area contributed by atoms with Gasteiger partial charge in [0, 0.05) is 5.02 Å². The first kappa shape index (κ1) is 19.9. The van der Waals surface area contributed by atoms with Crippen LogP contribution in [-0.4, -0.2) is 29.6 Å². The van der Waals surface area contributed by atoms with Crippen LogP contribution in [0.5, 0.6) is 11.5 Å². The summed E-state index contributed by atoms with van der Waals surface area (Å²) in [6.07, 6.45) is 1.31. The first-order chi connectivity index (χ1) is 13.3. The Morgan fingerprint density at radius 3 is 2.68 bits per heavy atom. The molecule has 144 valence electrons. The highest BCUT2D eigenvalue weighted by molar-refractivity contribution is 9.10. The number of hydrogen-bond donors (Lipinski definition) is 2. The van der Waals surface area contributed by atoms with Crippen molar-refractivity contribution in [1.82, 2.24) is 5.32 Å². The number of hydrogen-bond acceptors (Lipinski definition) is 5. The fraction of sp³-hybridized carbons (Fsp3) is 0.105. The van der Waals surface area contributed by atoms with Crippen LogP contribution in [0.15, 0.2) is 46.4 Å². The van der Waals surface area contributed by atoms with Crippen molar-refractivity contribution in [1.29, 1.82) is 0 Å². The first-order valence-electron chi connectivity index (χ1n) is 8.14. The third-order valence-corrected chi connectivity index (χ3v) is 4.67. The van der Waals surface area contributed by atoms with Crippen molar-refractivity contribution in [2.75, 3.05) is 11.5 Å². The van der Waals surface area contributed by atoms with Crippen molar-refractivity contribution in [3.63, 3.8) is 0 Å². The standard InChI is InChI=1S/C19H14BrClN2O5/c1-2-28-15-8-10(7-14(20)16(15)24)6-13-17(25)22-19(27)23(18(13)26)12-5-3-4-11(21)9-12/h3-9,24H,2H2,1H3,(H,22,25,27). The van der Waals surface area contributed by atoms with Crippen LogP contribution in [0.4, 0.5) is 10.5 Å². The summed E-state index contributed by atoms with van der Waals surface area (Å²) in [7, 11) is 0. The number of imide groups is 2. The minimum atomic E-state index is -0.865. The summed E-state index contributed by atoms with van der Waals surface area (Å²) in [5.41, 5.74) is 0.405. The summed E-state index contributed by atoms with van der Waals surface area (Å²) in [6, 6.07) is 8.29. The third-order valence-electron chi connectivity index (χ3n) is 3.83. The Kier molecular flexibility index (Phi) is 5.71. The van der Waals surface area contributed by atoms with E-state index in [0.717, 1.165) is 4.90 Å². The molecule has 4 amide bonds. The number of phenolic OH excluding ortho intramolecular Hbond substituents is 1. The van der Waals surface area contributed by atoms with Gasteiger partial charge in [-0.15, -0.1) is 0 Å². The molecule has 0 unspecified atom stereocenters. The normalized spacial score (nSPS) is 15.8. The number of anilines is 1. The smallest absolute Gasteiger partial charge is 0.335 e. The number of barbiturate groups is 1. The van der Waals surface area contributed by atoms with Crippen LogP contribution in [0.3, 0.4) is 0 Å². The van der Waals surface area contributed by atoms with Crippen molar-refractivity contribution >= 4 is 57.1 Å². The maximum Gasteiger partial charge on any atom is 0.335 e. The summed E-state index contributed by atoms with van der Waals surface area (Å²) >= 11 is 9.14. The number of halogens is 2. The molecule has 9 heteroatoms. The quantitative estimate of drug-likeness (QED) is 0.528. The Balaban J connectivity index is 2.04. The SMILES string of the molecule is CCOc1cc(C=C2C(=O)NC(=O)N(c3cccc(Cl)c3)C2=O)cc(Br)c1O. The van der Waals surface area contributed by atoms with Gasteiger partial charge in [-0.05, 0) is 64.8 Å². The van der Waals surface area contributed by atoms with Crippen LogP contribution >= 0.6 is 27.5 Å². The van der Waals surface area contributed by atoms with Crippen molar-refractivity contribution < 1.29 is 24.2 Å². The van der Waals surface area contributed by atoms with E-state index in [1.54, 1.807) is 19.1 Å². The van der Waals surface area contributed by atoms with E-state index >= 15 is 0 Å². The summed E-state index contributed by atoms with van der Waals surface area (Å²) < 4.78 is 5.68. The van der Waals surface area contributed by atoms with Gasteiger partial charge in [0.15, 0.2) is 11.5 Å². The molecule has 1 saturated heterocycles. The van der Waals surface area contributed by atoms with Crippen molar-refractivity contribution in [2.45, 2.75) is 6.92 Å². The predicted octanol–water partition coefficient (Wildman–Crippen LogP) is 3.87. The third kappa shape index (κ3) is 3.88. The lowest BCUT2D eigenvalue weighted by molar-refractivity contribution is -0.122. The van der Waals surface area contributed by atoms with Gasteiger partial charge in [-0.1, -0.05) is 17.7 Å². The summed E-state index contributed by atoms with van der Waals surface area (Å²) in [5, 5.41) is 12.5. The van der Waals surface area contributed by atoms with Gasteiger partial charge in [0.05, 0.1) is 16.8 Å². The number of nitrogens with one attached hydrogen (secondary N) is 1. The molecule has 1 fully saturated rings. The molecule has 0 atom stereocenters. The molecule has 3 rings (SSSR count). The molecule has 0 spiro atoms. The van der Waals surface area contributed by atoms with Gasteiger partial charge in [-0.3, -0.25) is 14.9 Å². The van der Waals surface area contributed by atoms with Crippen LogP contribution in [0.1, 0.15) is 12.5 Å². The predicted molar refractivity (Wildman–Crippen MR) is 107 cm³/mol. The molecule has 2 aromatic rings. The van der Waals surface area contributed by atoms with E-state index < -0.39 is 17.8 Å². The molecular formula is C19H14BrClN2O5. The second-order valence-corrected chi connectivity index (χ2v) is 7.01. The van der Waals surface area contributed by atoms with Gasteiger partial charge in [-0.25, -0.2) is 9.69 Å². The molecule has 2 N–H and O–H groups in total. The van der Waals surface area contributed by atoms with Crippen molar-refractivity contribution in [3.8, 4) is 11.5 Å². The number of carbonyl (C=O) groups is 3. The van der Waals surface area contributed by atoms with Crippen LogP contribution in [-0.2, 0) is 9.59 Å². The topological polar surface area (TPSA) is 95.9 Å². The Hall–Kier alpha value is -2.84. The average Bonchev–Trinajstić information content (AvgIpc) is 2.63. The molecule has 1 aliphatic heterocycles. The Morgan fingerprint density at radius 1 is 1.25 bits per heavy atom. The minimum absolute atomic E-state index is 0.0980. The van der Waals surface area contributed by atoms with Gasteiger partial charge < -0.3 is 9.84 Å². The highest BCUT2D eigenvalue weighted by atomic mass is 79.9. The highest BCUT2D eigenvalue weighted by Crippen LogP contribution is 2.36. The maximum atomic E-state index is 12.9. The van der Waals surface area contributed by atoms with Crippen molar-refractivity contribution in [2.24, 2.45) is 0 Å². The summed E-state index contributed by atoms with van der Waals surface area (Å²) in [6.45, 7) is 2.07. The van der Waals surface area contributed by atoms with Crippen LogP contribution in [0.2, 0.25) is 5.02 Å². The van der Waals surface area contributed by atoms with Gasteiger partial charge in [-0.2, -0.15) is 0 Å². The van der Waals surface area contributed by atoms with E-state index in [-0.39, 0.29) is 22.8 Å². The highest BCUT2D eigenvalue weighted by Gasteiger charge is 2.36. The van der Waals surface area contributed by atoms with E-state index in [4.69, 9.17) is 16.3 Å². The molecule has 1 aliphatic rings. The maximum absolute atomic E-state index is 12.9. The molecule has 2 aromatic carbocycles. The molecular weight excluding hydrogens is 452 g/mol. The largest absolute Gasteiger partial charge is 0.503 e. The van der Waals surface area contributed by atoms with Gasteiger partial charge in [0.25, 0.3) is 11.8 Å². The van der Waals surface area contributed by atoms with Gasteiger partial charge >= 0.3 is 6.03 Å². The number of nitrogens with zero attached hydrogens (tertiary/aromatic N) is 1. The van der Waals surface area contributed by atoms with E-state index in [2.05, 4.69) is 21.2 Å². The fourth-order valence-corrected chi connectivity index (χ4v) is 3.26. The number of rotatable bonds is 4. The van der Waals surface area contributed by atoms with E-state index in [1.165, 1.54) is 30.3 Å². The Morgan fingerprint density at radius 2 is 2.00 bits per heavy atom. The zero-order valence-corrected chi connectivity index (χ0v) is 16.9. The number of benzene rings is 2. The number of phenols is 1. The molecule has 0 bridgehead atoms. The number of amides is 4. The Bertz CT molecular complexity index is 1020. The number of aromatic hydroxyl groups is 1. The van der Waals surface area contributed by atoms with Gasteiger partial charge in [0.1, 0.15) is 5.57 Å². The number of carbonyl (C=O) groups excluding carboxylic acids is 3. The van der Waals surface area contributed by atoms with Crippen LogP contribution in [0, 0.1) is 0 Å². The molecule has 0 radical (unpaired) electrons. The van der Waals surface area contributed by atoms with Crippen molar-refractivity contribution in [3.05, 3.63) is 57.0 Å². The second-order valence-electron chi connectivity index (χ2n) is 5.72. The summed E-state index contributed by atoms with van der Waals surface area (Å²) in [4.78, 5) is 38.2. The molecule has 1 heterocycles. The minimum Gasteiger partial charge on any atom is -0.503 e. The van der Waals surface area contributed by atoms with Gasteiger partial charge in [0.2, 0.25) is 0 Å². The molecule has 0 aromatic heterocycles. The lowest BCUT2D eigenvalue weighted by Crippen LogP contribution is -2.54. The van der Waals surface area contributed by atoms with Crippen LogP contribution < -0.4 is 15.0 Å². The monoisotopic (exact) mass is 464 g/mol. The first-order valence-corrected chi connectivity index (χ1v) is 9.31. The van der Waals surface area contributed by atoms with E-state index in [9.17, 15) is 19.5 Å². The summed E-state index contributed by atoms with van der Waals surface area (Å²) in [5.74, 6) is -1.53. The van der Waals surface area contributed by atoms with E-state index in [0.29, 0.717) is 21.7 Å². The van der Waals surface area contributed by atoms with Crippen LogP contribution in [0.25, 0.3) is 6.08 Å². The molecule has 28 heavy (non-hydrogen) atoms.